The largest absolute Gasteiger partial charge is 0.497 e. The molecule has 0 atom stereocenters. The van der Waals surface area contributed by atoms with Crippen molar-refractivity contribution in [1.29, 1.82) is 0 Å². The van der Waals surface area contributed by atoms with E-state index in [0.717, 1.165) is 5.56 Å². The van der Waals surface area contributed by atoms with Crippen LogP contribution >= 0.6 is 0 Å². The van der Waals surface area contributed by atoms with Gasteiger partial charge in [0.25, 0.3) is 0 Å². The molecule has 1 heterocycles. The zero-order chi connectivity index (χ0) is 21.4. The Hall–Kier alpha value is -3.36. The second-order valence-corrected chi connectivity index (χ2v) is 8.03. The second-order valence-electron chi connectivity index (χ2n) is 6.27. The molecule has 3 aromatic rings. The number of hydrogen-bond donors (Lipinski definition) is 1. The first kappa shape index (κ1) is 21.4. The van der Waals surface area contributed by atoms with E-state index in [1.54, 1.807) is 43.5 Å². The maximum atomic E-state index is 12.3. The summed E-state index contributed by atoms with van der Waals surface area (Å²) in [5.74, 6) is 0.702. The minimum absolute atomic E-state index is 0.0656. The van der Waals surface area contributed by atoms with E-state index in [9.17, 15) is 13.2 Å². The van der Waals surface area contributed by atoms with Crippen molar-refractivity contribution in [1.82, 2.24) is 4.72 Å². The molecule has 1 aromatic heterocycles. The number of ether oxygens (including phenoxy) is 2. The first-order valence-electron chi connectivity index (χ1n) is 9.06. The monoisotopic (exact) mass is 427 g/mol. The van der Waals surface area contributed by atoms with Crippen LogP contribution < -0.4 is 9.46 Å². The average Bonchev–Trinajstić information content (AvgIpc) is 3.29. The fourth-order valence-corrected chi connectivity index (χ4v) is 3.54. The van der Waals surface area contributed by atoms with Gasteiger partial charge in [-0.3, -0.25) is 0 Å². The van der Waals surface area contributed by atoms with Gasteiger partial charge in [-0.15, -0.1) is 0 Å². The van der Waals surface area contributed by atoms with E-state index in [2.05, 4.69) is 4.72 Å². The molecule has 0 aliphatic carbocycles. The average molecular weight is 427 g/mol. The highest BCUT2D eigenvalue weighted by Crippen LogP contribution is 2.14. The predicted molar refractivity (Wildman–Crippen MR) is 111 cm³/mol. The van der Waals surface area contributed by atoms with Crippen LogP contribution in [0.2, 0.25) is 0 Å². The molecule has 0 fully saturated rings. The molecule has 0 unspecified atom stereocenters. The lowest BCUT2D eigenvalue weighted by atomic mass is 10.2. The van der Waals surface area contributed by atoms with Crippen molar-refractivity contribution >= 4 is 22.1 Å². The normalized spacial score (nSPS) is 11.5. The van der Waals surface area contributed by atoms with Crippen LogP contribution in [0.15, 0.2) is 82.3 Å². The molecule has 1 N–H and O–H groups in total. The van der Waals surface area contributed by atoms with Crippen molar-refractivity contribution < 1.29 is 27.1 Å². The van der Waals surface area contributed by atoms with Crippen LogP contribution in [0.1, 0.15) is 16.9 Å². The number of benzene rings is 2. The van der Waals surface area contributed by atoms with Gasteiger partial charge in [-0.05, 0) is 53.6 Å². The van der Waals surface area contributed by atoms with Crippen LogP contribution in [0, 0.1) is 0 Å². The van der Waals surface area contributed by atoms with Gasteiger partial charge in [-0.2, -0.15) is 0 Å². The van der Waals surface area contributed by atoms with Crippen LogP contribution in [-0.2, 0) is 32.7 Å². The molecule has 2 aromatic carbocycles. The van der Waals surface area contributed by atoms with Gasteiger partial charge in [0.05, 0.1) is 24.8 Å². The number of rotatable bonds is 9. The minimum Gasteiger partial charge on any atom is -0.497 e. The van der Waals surface area contributed by atoms with Gasteiger partial charge in [0.15, 0.2) is 0 Å². The molecule has 0 amide bonds. The number of sulfonamides is 1. The molecule has 0 aliphatic rings. The summed E-state index contributed by atoms with van der Waals surface area (Å²) in [5, 5.41) is 0. The number of methoxy groups -OCH3 is 1. The van der Waals surface area contributed by atoms with E-state index < -0.39 is 16.0 Å². The summed E-state index contributed by atoms with van der Waals surface area (Å²) in [7, 11) is -2.10. The molecule has 7 nitrogen and oxygen atoms in total. The highest BCUT2D eigenvalue weighted by Gasteiger charge is 2.14. The van der Waals surface area contributed by atoms with Crippen LogP contribution in [-0.4, -0.2) is 21.5 Å². The Morgan fingerprint density at radius 3 is 2.60 bits per heavy atom. The van der Waals surface area contributed by atoms with Gasteiger partial charge >= 0.3 is 5.97 Å². The SMILES string of the molecule is COc1cccc(COC(=O)/C=C/c2ccc(S(=O)(=O)NCc3ccco3)cc2)c1. The molecule has 0 saturated heterocycles. The molecule has 0 radical (unpaired) electrons. The predicted octanol–water partition coefficient (Wildman–Crippen LogP) is 3.52. The maximum absolute atomic E-state index is 12.3. The third kappa shape index (κ3) is 6.07. The summed E-state index contributed by atoms with van der Waals surface area (Å²) >= 11 is 0. The topological polar surface area (TPSA) is 94.8 Å². The van der Waals surface area contributed by atoms with Crippen LogP contribution in [0.25, 0.3) is 6.08 Å². The summed E-state index contributed by atoms with van der Waals surface area (Å²) in [6, 6.07) is 16.8. The zero-order valence-electron chi connectivity index (χ0n) is 16.3. The fourth-order valence-electron chi connectivity index (χ4n) is 2.55. The molecule has 8 heteroatoms. The van der Waals surface area contributed by atoms with Gasteiger partial charge in [-0.25, -0.2) is 17.9 Å². The molecule has 156 valence electrons. The quantitative estimate of drug-likeness (QED) is 0.415. The van der Waals surface area contributed by atoms with Crippen LogP contribution in [0.5, 0.6) is 5.75 Å². The van der Waals surface area contributed by atoms with Crippen molar-refractivity contribution in [2.75, 3.05) is 7.11 Å². The first-order chi connectivity index (χ1) is 14.5. The summed E-state index contributed by atoms with van der Waals surface area (Å²) in [4.78, 5) is 12.0. The lowest BCUT2D eigenvalue weighted by Gasteiger charge is -2.06. The number of hydrogen-bond acceptors (Lipinski definition) is 6. The molecule has 30 heavy (non-hydrogen) atoms. The van der Waals surface area contributed by atoms with Crippen LogP contribution in [0.3, 0.4) is 0 Å². The van der Waals surface area contributed by atoms with E-state index >= 15 is 0 Å². The molecule has 0 bridgehead atoms. The number of esters is 1. The molecular weight excluding hydrogens is 406 g/mol. The summed E-state index contributed by atoms with van der Waals surface area (Å²) < 4.78 is 42.5. The Kier molecular flexibility index (Phi) is 7.05. The van der Waals surface area contributed by atoms with Gasteiger partial charge in [0.2, 0.25) is 10.0 Å². The van der Waals surface area contributed by atoms with Crippen molar-refractivity contribution in [3.05, 3.63) is 89.9 Å². The van der Waals surface area contributed by atoms with Gasteiger partial charge in [0, 0.05) is 6.08 Å². The first-order valence-corrected chi connectivity index (χ1v) is 10.5. The molecule has 3 rings (SSSR count). The number of carbonyl (C=O) groups excluding carboxylic acids is 1. The van der Waals surface area contributed by atoms with Crippen molar-refractivity contribution in [3.63, 3.8) is 0 Å². The number of carbonyl (C=O) groups is 1. The Balaban J connectivity index is 1.53. The highest BCUT2D eigenvalue weighted by molar-refractivity contribution is 7.89. The summed E-state index contributed by atoms with van der Waals surface area (Å²) in [6.07, 6.45) is 4.33. The van der Waals surface area contributed by atoms with Crippen molar-refractivity contribution in [2.24, 2.45) is 0 Å². The Bertz CT molecular complexity index is 1100. The van der Waals surface area contributed by atoms with Crippen molar-refractivity contribution in [3.8, 4) is 5.75 Å². The third-order valence-electron chi connectivity index (χ3n) is 4.13. The Morgan fingerprint density at radius 1 is 1.10 bits per heavy atom. The minimum atomic E-state index is -3.67. The molecule has 0 aliphatic heterocycles. The van der Waals surface area contributed by atoms with E-state index in [4.69, 9.17) is 13.9 Å². The summed E-state index contributed by atoms with van der Waals surface area (Å²) in [6.45, 7) is 0.189. The zero-order valence-corrected chi connectivity index (χ0v) is 17.1. The van der Waals surface area contributed by atoms with E-state index in [1.165, 1.54) is 24.5 Å². The second kappa shape index (κ2) is 9.91. The lowest BCUT2D eigenvalue weighted by molar-refractivity contribution is -0.138. The Morgan fingerprint density at radius 2 is 1.90 bits per heavy atom. The van der Waals surface area contributed by atoms with Crippen molar-refractivity contribution in [2.45, 2.75) is 18.0 Å². The van der Waals surface area contributed by atoms with Gasteiger partial charge < -0.3 is 13.9 Å². The van der Waals surface area contributed by atoms with Gasteiger partial charge in [0.1, 0.15) is 18.1 Å². The Labute approximate surface area is 175 Å². The molecule has 0 spiro atoms. The number of nitrogens with one attached hydrogen (secondary N) is 1. The maximum Gasteiger partial charge on any atom is 0.331 e. The van der Waals surface area contributed by atoms with E-state index in [1.807, 2.05) is 18.2 Å². The fraction of sp³-hybridized carbons (Fsp3) is 0.136. The van der Waals surface area contributed by atoms with Gasteiger partial charge in [-0.1, -0.05) is 24.3 Å². The van der Waals surface area contributed by atoms with E-state index in [0.29, 0.717) is 17.1 Å². The summed E-state index contributed by atoms with van der Waals surface area (Å²) in [5.41, 5.74) is 1.48. The molecule has 0 saturated carbocycles. The third-order valence-corrected chi connectivity index (χ3v) is 5.55. The van der Waals surface area contributed by atoms with E-state index in [-0.39, 0.29) is 18.0 Å². The standard InChI is InChI=1S/C22H21NO6S/c1-27-19-5-2-4-18(14-19)16-29-22(24)12-9-17-7-10-21(11-8-17)30(25,26)23-15-20-6-3-13-28-20/h2-14,23H,15-16H2,1H3/b12-9+. The smallest absolute Gasteiger partial charge is 0.331 e. The van der Waals surface area contributed by atoms with Crippen LogP contribution in [0.4, 0.5) is 0 Å². The number of furan rings is 1. The lowest BCUT2D eigenvalue weighted by Crippen LogP contribution is -2.22. The highest BCUT2D eigenvalue weighted by atomic mass is 32.2. The molecular formula is C22H21NO6S.